The van der Waals surface area contributed by atoms with Crippen LogP contribution in [0.2, 0.25) is 10.0 Å². The van der Waals surface area contributed by atoms with E-state index in [4.69, 9.17) is 27.9 Å². The van der Waals surface area contributed by atoms with Crippen LogP contribution in [-0.2, 0) is 16.0 Å². The number of ether oxygens (including phenoxy) is 1. The van der Waals surface area contributed by atoms with Crippen LogP contribution in [0.25, 0.3) is 16.7 Å². The summed E-state index contributed by atoms with van der Waals surface area (Å²) in [7, 11) is 1.61. The van der Waals surface area contributed by atoms with Gasteiger partial charge >= 0.3 is 0 Å². The Morgan fingerprint density at radius 2 is 1.81 bits per heavy atom. The Morgan fingerprint density at radius 1 is 1.06 bits per heavy atom. The van der Waals surface area contributed by atoms with Crippen molar-refractivity contribution in [3.8, 4) is 5.75 Å². The quantitative estimate of drug-likeness (QED) is 0.181. The number of ketones is 1. The Morgan fingerprint density at radius 3 is 2.53 bits per heavy atom. The summed E-state index contributed by atoms with van der Waals surface area (Å²) in [6, 6.07) is 18.4. The van der Waals surface area contributed by atoms with Crippen molar-refractivity contribution in [1.82, 2.24) is 9.88 Å². The van der Waals surface area contributed by atoms with Gasteiger partial charge in [0.1, 0.15) is 11.5 Å². The van der Waals surface area contributed by atoms with E-state index in [2.05, 4.69) is 4.98 Å². The number of aliphatic hydroxyl groups excluding tert-OH is 1. The first kappa shape index (κ1) is 24.0. The van der Waals surface area contributed by atoms with E-state index in [1.165, 1.54) is 4.90 Å². The first-order valence-corrected chi connectivity index (χ1v) is 12.1. The number of methoxy groups -OCH3 is 1. The van der Waals surface area contributed by atoms with Gasteiger partial charge in [0.15, 0.2) is 0 Å². The van der Waals surface area contributed by atoms with E-state index >= 15 is 0 Å². The lowest BCUT2D eigenvalue weighted by Crippen LogP contribution is -2.31. The van der Waals surface area contributed by atoms with E-state index in [0.717, 1.165) is 22.2 Å². The molecule has 1 fully saturated rings. The number of Topliss-reactive ketones (excluding diaryl/α,β-unsaturated/α-hetero) is 1. The molecule has 0 aliphatic carbocycles. The fraction of sp³-hybridized carbons (Fsp3) is 0.143. The summed E-state index contributed by atoms with van der Waals surface area (Å²) in [5.41, 5.74) is 2.86. The Bertz CT molecular complexity index is 1510. The number of rotatable bonds is 6. The lowest BCUT2D eigenvalue weighted by molar-refractivity contribution is -0.139. The van der Waals surface area contributed by atoms with Crippen LogP contribution >= 0.6 is 23.2 Å². The number of carbonyl (C=O) groups excluding carboxylic acids is 2. The molecule has 36 heavy (non-hydrogen) atoms. The number of halogens is 2. The normalized spacial score (nSPS) is 17.2. The molecule has 4 aromatic rings. The minimum Gasteiger partial charge on any atom is -0.507 e. The maximum Gasteiger partial charge on any atom is 0.295 e. The zero-order valence-corrected chi connectivity index (χ0v) is 20.8. The summed E-state index contributed by atoms with van der Waals surface area (Å²) in [6.45, 7) is 0.238. The van der Waals surface area contributed by atoms with Gasteiger partial charge in [0.25, 0.3) is 11.7 Å². The second-order valence-electron chi connectivity index (χ2n) is 8.50. The Balaban J connectivity index is 1.56. The van der Waals surface area contributed by atoms with Crippen LogP contribution in [0.1, 0.15) is 22.7 Å². The van der Waals surface area contributed by atoms with Gasteiger partial charge in [0, 0.05) is 39.3 Å². The number of benzene rings is 3. The standard InChI is InChI=1S/C28H22Cl2N2O4/c1-36-19-10-11-23-21(14-19)17(15-31-23)12-13-32-25(20-4-2-3-5-22(20)30)24(27(34)28(32)35)26(33)16-6-8-18(29)9-7-16/h2-11,14-15,25,31,33H,12-13H2,1H3/b26-24-. The van der Waals surface area contributed by atoms with Crippen molar-refractivity contribution in [1.29, 1.82) is 0 Å². The molecule has 1 atom stereocenters. The zero-order valence-electron chi connectivity index (χ0n) is 19.3. The van der Waals surface area contributed by atoms with Crippen molar-refractivity contribution in [2.24, 2.45) is 0 Å². The predicted octanol–water partition coefficient (Wildman–Crippen LogP) is 6.15. The van der Waals surface area contributed by atoms with Gasteiger partial charge in [-0.25, -0.2) is 0 Å². The first-order valence-electron chi connectivity index (χ1n) is 11.3. The highest BCUT2D eigenvalue weighted by atomic mass is 35.5. The molecule has 1 aliphatic heterocycles. The molecule has 8 heteroatoms. The summed E-state index contributed by atoms with van der Waals surface area (Å²) in [5, 5.41) is 13.0. The summed E-state index contributed by atoms with van der Waals surface area (Å²) in [4.78, 5) is 31.2. The molecule has 3 aromatic carbocycles. The number of carbonyl (C=O) groups is 2. The second kappa shape index (κ2) is 9.72. The van der Waals surface area contributed by atoms with Crippen LogP contribution < -0.4 is 4.74 Å². The molecular formula is C28H22Cl2N2O4. The Kier molecular flexibility index (Phi) is 6.48. The summed E-state index contributed by atoms with van der Waals surface area (Å²) < 4.78 is 5.35. The average molecular weight is 521 g/mol. The Hall–Kier alpha value is -3.74. The Labute approximate surface area is 217 Å². The molecule has 2 N–H and O–H groups in total. The number of amides is 1. The zero-order chi connectivity index (χ0) is 25.4. The molecule has 1 saturated heterocycles. The molecule has 1 aliphatic rings. The van der Waals surface area contributed by atoms with Gasteiger partial charge in [0.2, 0.25) is 0 Å². The number of hydrogen-bond acceptors (Lipinski definition) is 4. The minimum absolute atomic E-state index is 0.00369. The van der Waals surface area contributed by atoms with E-state index in [1.54, 1.807) is 55.6 Å². The number of likely N-dealkylation sites (tertiary alicyclic amines) is 1. The highest BCUT2D eigenvalue weighted by Gasteiger charge is 2.46. The number of aliphatic hydroxyl groups is 1. The van der Waals surface area contributed by atoms with E-state index in [0.29, 0.717) is 27.6 Å². The molecule has 182 valence electrons. The maximum absolute atomic E-state index is 13.3. The molecule has 5 rings (SSSR count). The van der Waals surface area contributed by atoms with Crippen molar-refractivity contribution in [2.45, 2.75) is 12.5 Å². The van der Waals surface area contributed by atoms with Crippen LogP contribution in [0.5, 0.6) is 5.75 Å². The summed E-state index contributed by atoms with van der Waals surface area (Å²) in [6.07, 6.45) is 2.36. The van der Waals surface area contributed by atoms with Crippen LogP contribution in [0, 0.1) is 0 Å². The fourth-order valence-electron chi connectivity index (χ4n) is 4.63. The molecule has 1 unspecified atom stereocenters. The number of aromatic nitrogens is 1. The number of hydrogen-bond donors (Lipinski definition) is 2. The third-order valence-corrected chi connectivity index (χ3v) is 7.05. The van der Waals surface area contributed by atoms with E-state index in [-0.39, 0.29) is 17.9 Å². The molecule has 0 spiro atoms. The van der Waals surface area contributed by atoms with Gasteiger partial charge in [-0.1, -0.05) is 41.4 Å². The van der Waals surface area contributed by atoms with Crippen molar-refractivity contribution < 1.29 is 19.4 Å². The number of aromatic amines is 1. The van der Waals surface area contributed by atoms with Gasteiger partial charge in [0.05, 0.1) is 18.7 Å². The van der Waals surface area contributed by atoms with Gasteiger partial charge in [-0.15, -0.1) is 0 Å². The van der Waals surface area contributed by atoms with Gasteiger partial charge in [-0.05, 0) is 66.1 Å². The molecule has 0 radical (unpaired) electrons. The van der Waals surface area contributed by atoms with Gasteiger partial charge in [-0.3, -0.25) is 9.59 Å². The lowest BCUT2D eigenvalue weighted by Gasteiger charge is -2.26. The average Bonchev–Trinajstić information content (AvgIpc) is 3.40. The topological polar surface area (TPSA) is 82.6 Å². The highest BCUT2D eigenvalue weighted by Crippen LogP contribution is 2.42. The SMILES string of the molecule is COc1ccc2[nH]cc(CCN3C(=O)C(=O)/C(=C(\O)c4ccc(Cl)cc4)C3c3ccccc3Cl)c2c1. The predicted molar refractivity (Wildman–Crippen MR) is 140 cm³/mol. The lowest BCUT2D eigenvalue weighted by atomic mass is 9.95. The third-order valence-electron chi connectivity index (χ3n) is 6.45. The third kappa shape index (κ3) is 4.23. The van der Waals surface area contributed by atoms with Gasteiger partial charge < -0.3 is 19.7 Å². The van der Waals surface area contributed by atoms with E-state index in [9.17, 15) is 14.7 Å². The first-order chi connectivity index (χ1) is 17.4. The summed E-state index contributed by atoms with van der Waals surface area (Å²) >= 11 is 12.5. The van der Waals surface area contributed by atoms with Crippen molar-refractivity contribution >= 4 is 51.6 Å². The van der Waals surface area contributed by atoms with Crippen molar-refractivity contribution in [2.75, 3.05) is 13.7 Å². The number of nitrogens with one attached hydrogen (secondary N) is 1. The van der Waals surface area contributed by atoms with Crippen molar-refractivity contribution in [3.63, 3.8) is 0 Å². The number of nitrogens with zero attached hydrogens (tertiary/aromatic N) is 1. The van der Waals surface area contributed by atoms with E-state index < -0.39 is 17.7 Å². The van der Waals surface area contributed by atoms with Crippen LogP contribution in [0.3, 0.4) is 0 Å². The summed E-state index contributed by atoms with van der Waals surface area (Å²) in [5.74, 6) is -0.988. The molecule has 1 amide bonds. The fourth-order valence-corrected chi connectivity index (χ4v) is 4.99. The van der Waals surface area contributed by atoms with E-state index in [1.807, 2.05) is 24.4 Å². The molecule has 0 saturated carbocycles. The smallest absolute Gasteiger partial charge is 0.295 e. The molecular weight excluding hydrogens is 499 g/mol. The minimum atomic E-state index is -0.839. The van der Waals surface area contributed by atoms with Crippen LogP contribution in [0.4, 0.5) is 0 Å². The van der Waals surface area contributed by atoms with Crippen LogP contribution in [-0.4, -0.2) is 40.3 Å². The highest BCUT2D eigenvalue weighted by molar-refractivity contribution is 6.47. The van der Waals surface area contributed by atoms with Crippen molar-refractivity contribution in [3.05, 3.63) is 105 Å². The maximum atomic E-state index is 13.3. The number of H-pyrrole nitrogens is 1. The van der Waals surface area contributed by atoms with Gasteiger partial charge in [-0.2, -0.15) is 0 Å². The monoisotopic (exact) mass is 520 g/mol. The molecule has 0 bridgehead atoms. The second-order valence-corrected chi connectivity index (χ2v) is 9.34. The largest absolute Gasteiger partial charge is 0.507 e. The number of fused-ring (bicyclic) bond motifs is 1. The molecule has 6 nitrogen and oxygen atoms in total. The van der Waals surface area contributed by atoms with Crippen LogP contribution in [0.15, 0.2) is 78.5 Å². The molecule has 1 aromatic heterocycles. The molecule has 2 heterocycles.